The zero-order valence-electron chi connectivity index (χ0n) is 7.32. The van der Waals surface area contributed by atoms with Crippen molar-refractivity contribution in [2.75, 3.05) is 26.7 Å². The topological polar surface area (TPSA) is 78.9 Å². The van der Waals surface area contributed by atoms with E-state index >= 15 is 0 Å². The number of hydrogen-bond donors (Lipinski definition) is 2. The maximum Gasteiger partial charge on any atom is 0.407 e. The van der Waals surface area contributed by atoms with Crippen LogP contribution in [0.1, 0.15) is 0 Å². The number of amides is 1. The number of carboxylic acids is 1. The summed E-state index contributed by atoms with van der Waals surface area (Å²) in [6.07, 6.45) is -0.675. The average molecular weight is 188 g/mol. The molecule has 0 spiro atoms. The Labute approximate surface area is 75.5 Å². The van der Waals surface area contributed by atoms with E-state index in [2.05, 4.69) is 5.32 Å². The Morgan fingerprint density at radius 1 is 1.85 bits per heavy atom. The van der Waals surface area contributed by atoms with Crippen LogP contribution < -0.4 is 5.32 Å². The molecule has 0 aliphatic carbocycles. The zero-order chi connectivity index (χ0) is 9.84. The van der Waals surface area contributed by atoms with Gasteiger partial charge in [0.05, 0.1) is 13.1 Å². The highest BCUT2D eigenvalue weighted by Gasteiger charge is 2.23. The van der Waals surface area contributed by atoms with Crippen molar-refractivity contribution >= 4 is 12.1 Å². The largest absolute Gasteiger partial charge is 0.480 e. The van der Waals surface area contributed by atoms with Gasteiger partial charge in [0.15, 0.2) is 0 Å². The molecule has 6 heteroatoms. The van der Waals surface area contributed by atoms with Crippen molar-refractivity contribution in [3.05, 3.63) is 0 Å². The van der Waals surface area contributed by atoms with Crippen LogP contribution in [-0.2, 0) is 9.53 Å². The molecule has 1 atom stereocenters. The lowest BCUT2D eigenvalue weighted by Crippen LogP contribution is -2.34. The highest BCUT2D eigenvalue weighted by atomic mass is 16.6. The predicted octanol–water partition coefficient (Wildman–Crippen LogP) is -0.889. The van der Waals surface area contributed by atoms with Gasteiger partial charge in [-0.3, -0.25) is 9.69 Å². The van der Waals surface area contributed by atoms with Gasteiger partial charge in [-0.2, -0.15) is 0 Å². The molecule has 1 heterocycles. The molecule has 0 saturated carbocycles. The molecule has 1 saturated heterocycles. The number of carbonyl (C=O) groups is 2. The van der Waals surface area contributed by atoms with E-state index in [-0.39, 0.29) is 12.6 Å². The highest BCUT2D eigenvalue weighted by Crippen LogP contribution is 2.01. The van der Waals surface area contributed by atoms with E-state index in [1.807, 2.05) is 0 Å². The van der Waals surface area contributed by atoms with Crippen molar-refractivity contribution in [1.82, 2.24) is 10.2 Å². The van der Waals surface area contributed by atoms with Crippen LogP contribution in [0.5, 0.6) is 0 Å². The first-order valence-electron chi connectivity index (χ1n) is 3.92. The summed E-state index contributed by atoms with van der Waals surface area (Å²) in [5.41, 5.74) is 0. The SMILES string of the molecule is CN(CC(=O)O)CC1CNC(=O)O1. The Kier molecular flexibility index (Phi) is 3.07. The van der Waals surface area contributed by atoms with Crippen LogP contribution in [0.25, 0.3) is 0 Å². The number of ether oxygens (including phenoxy) is 1. The van der Waals surface area contributed by atoms with E-state index < -0.39 is 12.1 Å². The molecule has 0 aromatic rings. The van der Waals surface area contributed by atoms with Crippen molar-refractivity contribution < 1.29 is 19.4 Å². The average Bonchev–Trinajstić information content (AvgIpc) is 2.33. The first-order chi connectivity index (χ1) is 6.08. The van der Waals surface area contributed by atoms with Crippen LogP contribution in [0.15, 0.2) is 0 Å². The molecule has 6 nitrogen and oxygen atoms in total. The molecular weight excluding hydrogens is 176 g/mol. The molecule has 0 bridgehead atoms. The minimum absolute atomic E-state index is 0.0476. The van der Waals surface area contributed by atoms with E-state index in [9.17, 15) is 9.59 Å². The fourth-order valence-electron chi connectivity index (χ4n) is 1.18. The van der Waals surface area contributed by atoms with E-state index in [4.69, 9.17) is 9.84 Å². The molecule has 74 valence electrons. The van der Waals surface area contributed by atoms with Crippen molar-refractivity contribution in [1.29, 1.82) is 0 Å². The Morgan fingerprint density at radius 3 is 3.00 bits per heavy atom. The molecule has 1 amide bonds. The summed E-state index contributed by atoms with van der Waals surface area (Å²) in [7, 11) is 1.67. The quantitative estimate of drug-likeness (QED) is 0.598. The summed E-state index contributed by atoms with van der Waals surface area (Å²) < 4.78 is 4.83. The fourth-order valence-corrected chi connectivity index (χ4v) is 1.18. The second-order valence-corrected chi connectivity index (χ2v) is 3.00. The number of cyclic esters (lactones) is 1. The minimum Gasteiger partial charge on any atom is -0.480 e. The van der Waals surface area contributed by atoms with Gasteiger partial charge >= 0.3 is 12.1 Å². The van der Waals surface area contributed by atoms with Crippen LogP contribution in [-0.4, -0.2) is 54.9 Å². The summed E-state index contributed by atoms with van der Waals surface area (Å²) in [5.74, 6) is -0.889. The van der Waals surface area contributed by atoms with Gasteiger partial charge in [0.1, 0.15) is 6.10 Å². The number of nitrogens with one attached hydrogen (secondary N) is 1. The summed E-state index contributed by atoms with van der Waals surface area (Å²) in [6.45, 7) is 0.835. The second-order valence-electron chi connectivity index (χ2n) is 3.00. The van der Waals surface area contributed by atoms with Gasteiger partial charge in [-0.25, -0.2) is 4.79 Å². The minimum atomic E-state index is -0.889. The number of aliphatic carboxylic acids is 1. The molecule has 13 heavy (non-hydrogen) atoms. The summed E-state index contributed by atoms with van der Waals surface area (Å²) in [4.78, 5) is 22.5. The normalized spacial score (nSPS) is 21.4. The lowest BCUT2D eigenvalue weighted by Gasteiger charge is -2.16. The smallest absolute Gasteiger partial charge is 0.407 e. The molecule has 2 N–H and O–H groups in total. The Morgan fingerprint density at radius 2 is 2.54 bits per heavy atom. The van der Waals surface area contributed by atoms with Gasteiger partial charge in [0.2, 0.25) is 0 Å². The van der Waals surface area contributed by atoms with E-state index in [0.717, 1.165) is 0 Å². The number of carbonyl (C=O) groups excluding carboxylic acids is 1. The van der Waals surface area contributed by atoms with Gasteiger partial charge in [0.25, 0.3) is 0 Å². The predicted molar refractivity (Wildman–Crippen MR) is 43.4 cm³/mol. The maximum atomic E-state index is 10.6. The molecule has 0 radical (unpaired) electrons. The lowest BCUT2D eigenvalue weighted by molar-refractivity contribution is -0.138. The summed E-state index contributed by atoms with van der Waals surface area (Å²) >= 11 is 0. The van der Waals surface area contributed by atoms with Gasteiger partial charge in [-0.1, -0.05) is 0 Å². The molecule has 1 unspecified atom stereocenters. The molecule has 1 fully saturated rings. The van der Waals surface area contributed by atoms with E-state index in [1.54, 1.807) is 11.9 Å². The van der Waals surface area contributed by atoms with Crippen LogP contribution >= 0.6 is 0 Å². The lowest BCUT2D eigenvalue weighted by atomic mass is 10.3. The molecular formula is C7H12N2O4. The van der Waals surface area contributed by atoms with Crippen LogP contribution in [0.4, 0.5) is 4.79 Å². The monoisotopic (exact) mass is 188 g/mol. The highest BCUT2D eigenvalue weighted by molar-refractivity contribution is 5.70. The van der Waals surface area contributed by atoms with Crippen LogP contribution in [0, 0.1) is 0 Å². The van der Waals surface area contributed by atoms with Crippen LogP contribution in [0.2, 0.25) is 0 Å². The van der Waals surface area contributed by atoms with Crippen molar-refractivity contribution in [3.63, 3.8) is 0 Å². The van der Waals surface area contributed by atoms with E-state index in [1.165, 1.54) is 0 Å². The van der Waals surface area contributed by atoms with Gasteiger partial charge in [-0.15, -0.1) is 0 Å². The molecule has 1 aliphatic heterocycles. The second kappa shape index (κ2) is 4.08. The Hall–Kier alpha value is -1.30. The van der Waals surface area contributed by atoms with Crippen molar-refractivity contribution in [2.45, 2.75) is 6.10 Å². The van der Waals surface area contributed by atoms with Gasteiger partial charge in [-0.05, 0) is 7.05 Å². The molecule has 0 aromatic heterocycles. The standard InChI is InChI=1S/C7H12N2O4/c1-9(4-6(10)11)3-5-2-8-7(12)13-5/h5H,2-4H2,1H3,(H,8,12)(H,10,11). The number of likely N-dealkylation sites (N-methyl/N-ethyl adjacent to an activating group) is 1. The third kappa shape index (κ3) is 3.29. The third-order valence-corrected chi connectivity index (χ3v) is 1.67. The molecule has 1 aliphatic rings. The Balaban J connectivity index is 2.24. The molecule has 1 rings (SSSR count). The third-order valence-electron chi connectivity index (χ3n) is 1.67. The number of hydrogen-bond acceptors (Lipinski definition) is 4. The van der Waals surface area contributed by atoms with Gasteiger partial charge in [0, 0.05) is 6.54 Å². The number of carboxylic acid groups (broad SMARTS) is 1. The Bertz CT molecular complexity index is 219. The zero-order valence-corrected chi connectivity index (χ0v) is 7.32. The first kappa shape index (κ1) is 9.79. The fraction of sp³-hybridized carbons (Fsp3) is 0.714. The number of rotatable bonds is 4. The van der Waals surface area contributed by atoms with Crippen LogP contribution in [0.3, 0.4) is 0 Å². The van der Waals surface area contributed by atoms with Crippen molar-refractivity contribution in [3.8, 4) is 0 Å². The molecule has 0 aromatic carbocycles. The maximum absolute atomic E-state index is 10.6. The van der Waals surface area contributed by atoms with Crippen molar-refractivity contribution in [2.24, 2.45) is 0 Å². The van der Waals surface area contributed by atoms with Gasteiger partial charge < -0.3 is 15.2 Å². The first-order valence-corrected chi connectivity index (χ1v) is 3.92. The number of alkyl carbamates (subject to hydrolysis) is 1. The number of nitrogens with zero attached hydrogens (tertiary/aromatic N) is 1. The summed E-state index contributed by atoms with van der Waals surface area (Å²) in [5, 5.41) is 10.9. The summed E-state index contributed by atoms with van der Waals surface area (Å²) in [6, 6.07) is 0. The van der Waals surface area contributed by atoms with E-state index in [0.29, 0.717) is 13.1 Å².